The highest BCUT2D eigenvalue weighted by molar-refractivity contribution is 6.00. The zero-order valence-corrected chi connectivity index (χ0v) is 14.8. The van der Waals surface area contributed by atoms with E-state index in [4.69, 9.17) is 4.74 Å². The van der Waals surface area contributed by atoms with E-state index in [-0.39, 0.29) is 23.7 Å². The van der Waals surface area contributed by atoms with E-state index in [1.54, 1.807) is 6.92 Å². The Morgan fingerprint density at radius 1 is 1.20 bits per heavy atom. The molecule has 4 heteroatoms. The molecule has 1 aliphatic heterocycles. The summed E-state index contributed by atoms with van der Waals surface area (Å²) in [6.45, 7) is 5.84. The lowest BCUT2D eigenvalue weighted by Crippen LogP contribution is -2.36. The van der Waals surface area contributed by atoms with E-state index in [2.05, 4.69) is 11.4 Å². The summed E-state index contributed by atoms with van der Waals surface area (Å²) in [4.78, 5) is 23.6. The Labute approximate surface area is 148 Å². The fourth-order valence-electron chi connectivity index (χ4n) is 3.06. The normalized spacial score (nSPS) is 15.6. The predicted molar refractivity (Wildman–Crippen MR) is 97.9 cm³/mol. The van der Waals surface area contributed by atoms with E-state index in [9.17, 15) is 9.59 Å². The van der Waals surface area contributed by atoms with Gasteiger partial charge in [0.25, 0.3) is 0 Å². The van der Waals surface area contributed by atoms with Gasteiger partial charge in [0.05, 0.1) is 6.54 Å². The minimum Gasteiger partial charge on any atom is -0.488 e. The minimum absolute atomic E-state index is 0.0292. The van der Waals surface area contributed by atoms with Crippen molar-refractivity contribution < 1.29 is 14.3 Å². The summed E-state index contributed by atoms with van der Waals surface area (Å²) in [5, 5.41) is 2.92. The van der Waals surface area contributed by atoms with Crippen LogP contribution in [0.15, 0.2) is 42.5 Å². The van der Waals surface area contributed by atoms with Crippen molar-refractivity contribution in [3.63, 3.8) is 0 Å². The molecule has 0 saturated heterocycles. The molecule has 2 aromatic rings. The standard InChI is InChI=1S/C21H23NO3/c1-13(2)21(24)22-12-17-11-16-10-15(8-9-20(16)25-17)19-7-5-4-6-18(19)14(3)23/h4-10,13,17H,11-12H2,1-3H3,(H,22,24)/t17-/m0/s1. The van der Waals surface area contributed by atoms with Gasteiger partial charge in [-0.05, 0) is 35.7 Å². The van der Waals surface area contributed by atoms with Crippen molar-refractivity contribution in [1.29, 1.82) is 0 Å². The maximum atomic E-state index is 11.9. The van der Waals surface area contributed by atoms with Gasteiger partial charge in [0.2, 0.25) is 5.91 Å². The number of carbonyl (C=O) groups is 2. The fraction of sp³-hybridized carbons (Fsp3) is 0.333. The Balaban J connectivity index is 1.77. The van der Waals surface area contributed by atoms with Crippen LogP contribution in [0.2, 0.25) is 0 Å². The first kappa shape index (κ1) is 17.2. The number of hydrogen-bond acceptors (Lipinski definition) is 3. The lowest BCUT2D eigenvalue weighted by Gasteiger charge is -2.13. The first-order chi connectivity index (χ1) is 12.0. The molecule has 1 amide bonds. The number of benzene rings is 2. The van der Waals surface area contributed by atoms with E-state index in [1.165, 1.54) is 0 Å². The molecular formula is C21H23NO3. The van der Waals surface area contributed by atoms with Gasteiger partial charge in [0, 0.05) is 17.9 Å². The molecule has 25 heavy (non-hydrogen) atoms. The zero-order chi connectivity index (χ0) is 18.0. The van der Waals surface area contributed by atoms with Crippen LogP contribution >= 0.6 is 0 Å². The summed E-state index contributed by atoms with van der Waals surface area (Å²) in [6.07, 6.45) is 0.708. The molecule has 0 aliphatic carbocycles. The summed E-state index contributed by atoms with van der Waals surface area (Å²) >= 11 is 0. The average Bonchev–Trinajstić information content (AvgIpc) is 3.01. The van der Waals surface area contributed by atoms with Gasteiger partial charge in [-0.3, -0.25) is 9.59 Å². The number of ether oxygens (including phenoxy) is 1. The second-order valence-corrected chi connectivity index (χ2v) is 6.77. The number of rotatable bonds is 5. The molecule has 1 heterocycles. The van der Waals surface area contributed by atoms with E-state index < -0.39 is 0 Å². The lowest BCUT2D eigenvalue weighted by atomic mass is 9.95. The molecule has 1 N–H and O–H groups in total. The quantitative estimate of drug-likeness (QED) is 0.848. The number of ketones is 1. The molecule has 4 nitrogen and oxygen atoms in total. The Morgan fingerprint density at radius 3 is 2.68 bits per heavy atom. The van der Waals surface area contributed by atoms with E-state index >= 15 is 0 Å². The molecule has 0 radical (unpaired) electrons. The fourth-order valence-corrected chi connectivity index (χ4v) is 3.06. The molecule has 0 fully saturated rings. The van der Waals surface area contributed by atoms with Gasteiger partial charge in [-0.1, -0.05) is 44.2 Å². The second kappa shape index (κ2) is 7.09. The molecule has 0 spiro atoms. The molecule has 0 bridgehead atoms. The van der Waals surface area contributed by atoms with Crippen LogP contribution in [-0.4, -0.2) is 24.3 Å². The van der Waals surface area contributed by atoms with Crippen LogP contribution in [0.3, 0.4) is 0 Å². The van der Waals surface area contributed by atoms with Gasteiger partial charge in [0.15, 0.2) is 5.78 Å². The third kappa shape index (κ3) is 3.73. The van der Waals surface area contributed by atoms with Gasteiger partial charge in [-0.25, -0.2) is 0 Å². The highest BCUT2D eigenvalue weighted by atomic mass is 16.5. The second-order valence-electron chi connectivity index (χ2n) is 6.77. The van der Waals surface area contributed by atoms with E-state index in [0.29, 0.717) is 6.54 Å². The lowest BCUT2D eigenvalue weighted by molar-refractivity contribution is -0.124. The molecule has 130 valence electrons. The van der Waals surface area contributed by atoms with Crippen LogP contribution in [0.25, 0.3) is 11.1 Å². The Hall–Kier alpha value is -2.62. The first-order valence-electron chi connectivity index (χ1n) is 8.63. The molecule has 1 aliphatic rings. The van der Waals surface area contributed by atoms with Crippen LogP contribution in [-0.2, 0) is 11.2 Å². The van der Waals surface area contributed by atoms with Crippen molar-refractivity contribution in [3.8, 4) is 16.9 Å². The molecule has 2 aromatic carbocycles. The van der Waals surface area contributed by atoms with E-state index in [0.717, 1.165) is 34.4 Å². The SMILES string of the molecule is CC(=O)c1ccccc1-c1ccc2c(c1)C[C@@H](CNC(=O)C(C)C)O2. The summed E-state index contributed by atoms with van der Waals surface area (Å²) in [5.74, 6) is 0.920. The zero-order valence-electron chi connectivity index (χ0n) is 14.8. The molecule has 0 saturated carbocycles. The largest absolute Gasteiger partial charge is 0.488 e. The summed E-state index contributed by atoms with van der Waals surface area (Å²) in [6, 6.07) is 13.7. The molecule has 1 atom stereocenters. The van der Waals surface area contributed by atoms with Gasteiger partial charge < -0.3 is 10.1 Å². The van der Waals surface area contributed by atoms with Crippen LogP contribution in [0.1, 0.15) is 36.7 Å². The minimum atomic E-state index is -0.0454. The summed E-state index contributed by atoms with van der Waals surface area (Å²) < 4.78 is 5.92. The predicted octanol–water partition coefficient (Wildman–Crippen LogP) is 3.63. The first-order valence-corrected chi connectivity index (χ1v) is 8.63. The van der Waals surface area contributed by atoms with Crippen LogP contribution in [0.5, 0.6) is 5.75 Å². The number of hydrogen-bond donors (Lipinski definition) is 1. The van der Waals surface area contributed by atoms with Crippen LogP contribution < -0.4 is 10.1 Å². The number of fused-ring (bicyclic) bond motifs is 1. The maximum absolute atomic E-state index is 11.9. The van der Waals surface area contributed by atoms with Crippen LogP contribution in [0.4, 0.5) is 0 Å². The van der Waals surface area contributed by atoms with E-state index in [1.807, 2.05) is 50.2 Å². The van der Waals surface area contributed by atoms with Crippen LogP contribution in [0, 0.1) is 5.92 Å². The van der Waals surface area contributed by atoms with Crippen molar-refractivity contribution in [2.24, 2.45) is 5.92 Å². The molecular weight excluding hydrogens is 314 g/mol. The summed E-state index contributed by atoms with van der Waals surface area (Å²) in [5.41, 5.74) is 3.79. The van der Waals surface area contributed by atoms with Crippen molar-refractivity contribution in [1.82, 2.24) is 5.32 Å². The third-order valence-electron chi connectivity index (χ3n) is 4.45. The Kier molecular flexibility index (Phi) is 4.88. The topological polar surface area (TPSA) is 55.4 Å². The summed E-state index contributed by atoms with van der Waals surface area (Å²) in [7, 11) is 0. The van der Waals surface area contributed by atoms with Crippen molar-refractivity contribution in [2.75, 3.05) is 6.54 Å². The Bertz CT molecular complexity index is 811. The smallest absolute Gasteiger partial charge is 0.222 e. The van der Waals surface area contributed by atoms with Gasteiger partial charge >= 0.3 is 0 Å². The highest BCUT2D eigenvalue weighted by Gasteiger charge is 2.24. The van der Waals surface area contributed by atoms with Gasteiger partial charge in [0.1, 0.15) is 11.9 Å². The molecule has 3 rings (SSSR count). The molecule has 0 aromatic heterocycles. The highest BCUT2D eigenvalue weighted by Crippen LogP contribution is 2.34. The number of Topliss-reactive ketones (excluding diaryl/α,β-unsaturated/α-hetero) is 1. The third-order valence-corrected chi connectivity index (χ3v) is 4.45. The number of nitrogens with one attached hydrogen (secondary N) is 1. The van der Waals surface area contributed by atoms with Gasteiger partial charge in [-0.15, -0.1) is 0 Å². The van der Waals surface area contributed by atoms with Crippen molar-refractivity contribution in [2.45, 2.75) is 33.3 Å². The number of carbonyl (C=O) groups excluding carboxylic acids is 2. The molecule has 0 unspecified atom stereocenters. The van der Waals surface area contributed by atoms with Crippen molar-refractivity contribution in [3.05, 3.63) is 53.6 Å². The van der Waals surface area contributed by atoms with Crippen molar-refractivity contribution >= 4 is 11.7 Å². The Morgan fingerprint density at radius 2 is 1.96 bits per heavy atom. The number of amides is 1. The average molecular weight is 337 g/mol. The monoisotopic (exact) mass is 337 g/mol. The maximum Gasteiger partial charge on any atom is 0.222 e. The van der Waals surface area contributed by atoms with Gasteiger partial charge in [-0.2, -0.15) is 0 Å².